The Morgan fingerprint density at radius 2 is 1.74 bits per heavy atom. The lowest BCUT2D eigenvalue weighted by atomic mass is 9.78. The summed E-state index contributed by atoms with van der Waals surface area (Å²) in [5, 5.41) is 0. The minimum Gasteiger partial charge on any atom is -0.493 e. The summed E-state index contributed by atoms with van der Waals surface area (Å²) >= 11 is 0. The van der Waals surface area contributed by atoms with E-state index in [1.807, 2.05) is 47.4 Å². The highest BCUT2D eigenvalue weighted by Crippen LogP contribution is 2.40. The summed E-state index contributed by atoms with van der Waals surface area (Å²) in [5.74, 6) is 2.29. The highest BCUT2D eigenvalue weighted by Gasteiger charge is 2.34. The number of ether oxygens (including phenoxy) is 3. The molecule has 0 fully saturated rings. The van der Waals surface area contributed by atoms with Crippen molar-refractivity contribution in [3.8, 4) is 17.2 Å². The van der Waals surface area contributed by atoms with E-state index in [4.69, 9.17) is 14.2 Å². The number of benzene rings is 2. The Labute approximate surface area is 160 Å². The number of carbonyl (C=O) groups excluding carboxylic acids is 1. The molecule has 3 rings (SSSR count). The number of nitrogens with zero attached hydrogens (tertiary/aromatic N) is 1. The first-order valence-electron chi connectivity index (χ1n) is 9.15. The number of fused-ring (bicyclic) bond motifs is 1. The third-order valence-corrected chi connectivity index (χ3v) is 4.97. The molecule has 2 aromatic carbocycles. The number of amides is 1. The van der Waals surface area contributed by atoms with Crippen LogP contribution in [0.25, 0.3) is 0 Å². The maximum Gasteiger partial charge on any atom is 0.226 e. The van der Waals surface area contributed by atoms with Gasteiger partial charge in [-0.15, -0.1) is 0 Å². The van der Waals surface area contributed by atoms with E-state index in [2.05, 4.69) is 13.8 Å². The van der Waals surface area contributed by atoms with Gasteiger partial charge in [-0.2, -0.15) is 0 Å². The molecule has 0 radical (unpaired) electrons. The van der Waals surface area contributed by atoms with Crippen molar-refractivity contribution in [3.05, 3.63) is 53.6 Å². The molecule has 0 saturated heterocycles. The van der Waals surface area contributed by atoms with E-state index in [0.717, 1.165) is 17.1 Å². The van der Waals surface area contributed by atoms with Gasteiger partial charge >= 0.3 is 0 Å². The molecule has 0 unspecified atom stereocenters. The lowest BCUT2D eigenvalue weighted by molar-refractivity contribution is -0.133. The van der Waals surface area contributed by atoms with Crippen LogP contribution in [0.4, 0.5) is 0 Å². The predicted molar refractivity (Wildman–Crippen MR) is 105 cm³/mol. The SMILES string of the molecule is COc1cc2c(cc1OC)C(C)(C)CN(C(=O)CCOc1ccccc1)C2. The molecule has 1 aliphatic rings. The number of hydrogen-bond donors (Lipinski definition) is 0. The molecule has 0 bridgehead atoms. The van der Waals surface area contributed by atoms with Gasteiger partial charge in [-0.25, -0.2) is 0 Å². The number of methoxy groups -OCH3 is 2. The minimum absolute atomic E-state index is 0.0967. The molecule has 0 atom stereocenters. The molecule has 2 aromatic rings. The molecular formula is C22H27NO4. The van der Waals surface area contributed by atoms with Crippen molar-refractivity contribution in [1.82, 2.24) is 4.90 Å². The first-order valence-corrected chi connectivity index (χ1v) is 9.15. The average Bonchev–Trinajstić information content (AvgIpc) is 2.67. The first-order chi connectivity index (χ1) is 12.9. The number of para-hydroxylation sites is 1. The molecule has 1 amide bonds. The van der Waals surface area contributed by atoms with Crippen molar-refractivity contribution < 1.29 is 19.0 Å². The summed E-state index contributed by atoms with van der Waals surface area (Å²) in [5.41, 5.74) is 2.13. The van der Waals surface area contributed by atoms with Crippen molar-refractivity contribution in [2.45, 2.75) is 32.2 Å². The third-order valence-electron chi connectivity index (χ3n) is 4.97. The number of rotatable bonds is 6. The largest absolute Gasteiger partial charge is 0.493 e. The summed E-state index contributed by atoms with van der Waals surface area (Å²) in [6.45, 7) is 5.91. The minimum atomic E-state index is -0.164. The molecule has 5 heteroatoms. The highest BCUT2D eigenvalue weighted by molar-refractivity contribution is 5.77. The Morgan fingerprint density at radius 1 is 1.07 bits per heavy atom. The average molecular weight is 369 g/mol. The Balaban J connectivity index is 1.71. The second-order valence-corrected chi connectivity index (χ2v) is 7.41. The van der Waals surface area contributed by atoms with Crippen LogP contribution in [0.2, 0.25) is 0 Å². The van der Waals surface area contributed by atoms with Gasteiger partial charge in [0, 0.05) is 18.5 Å². The van der Waals surface area contributed by atoms with Crippen LogP contribution in [-0.4, -0.2) is 38.2 Å². The van der Waals surface area contributed by atoms with Gasteiger partial charge in [-0.05, 0) is 35.4 Å². The van der Waals surface area contributed by atoms with E-state index in [0.29, 0.717) is 31.9 Å². The standard InChI is InChI=1S/C22H27NO4/c1-22(2)15-23(21(24)10-11-27-17-8-6-5-7-9-17)14-16-12-19(25-3)20(26-4)13-18(16)22/h5-9,12-13H,10-11,14-15H2,1-4H3. The van der Waals surface area contributed by atoms with E-state index in [-0.39, 0.29) is 11.3 Å². The Morgan fingerprint density at radius 3 is 2.41 bits per heavy atom. The first kappa shape index (κ1) is 19.1. The van der Waals surface area contributed by atoms with E-state index in [1.54, 1.807) is 14.2 Å². The predicted octanol–water partition coefficient (Wildman–Crippen LogP) is 3.79. The summed E-state index contributed by atoms with van der Waals surface area (Å²) in [6.07, 6.45) is 0.355. The molecule has 144 valence electrons. The van der Waals surface area contributed by atoms with Gasteiger partial charge in [0.15, 0.2) is 11.5 Å². The second-order valence-electron chi connectivity index (χ2n) is 7.41. The van der Waals surface area contributed by atoms with Crippen LogP contribution < -0.4 is 14.2 Å². The van der Waals surface area contributed by atoms with E-state index in [9.17, 15) is 4.79 Å². The number of hydrogen-bond acceptors (Lipinski definition) is 4. The molecule has 0 aliphatic carbocycles. The van der Waals surface area contributed by atoms with Crippen LogP contribution >= 0.6 is 0 Å². The summed E-state index contributed by atoms with van der Waals surface area (Å²) in [6, 6.07) is 13.6. The van der Waals surface area contributed by atoms with Crippen LogP contribution in [0.1, 0.15) is 31.4 Å². The highest BCUT2D eigenvalue weighted by atomic mass is 16.5. The summed E-state index contributed by atoms with van der Waals surface area (Å²) in [4.78, 5) is 14.7. The van der Waals surface area contributed by atoms with Crippen molar-refractivity contribution in [2.24, 2.45) is 0 Å². The van der Waals surface area contributed by atoms with Gasteiger partial charge in [-0.3, -0.25) is 4.79 Å². The Hall–Kier alpha value is -2.69. The molecule has 1 heterocycles. The van der Waals surface area contributed by atoms with Crippen molar-refractivity contribution in [3.63, 3.8) is 0 Å². The van der Waals surface area contributed by atoms with Crippen LogP contribution in [0, 0.1) is 0 Å². The van der Waals surface area contributed by atoms with E-state index >= 15 is 0 Å². The fourth-order valence-electron chi connectivity index (χ4n) is 3.61. The molecule has 0 spiro atoms. The Bertz CT molecular complexity index is 801. The fraction of sp³-hybridized carbons (Fsp3) is 0.409. The van der Waals surface area contributed by atoms with Gasteiger partial charge in [0.25, 0.3) is 0 Å². The summed E-state index contributed by atoms with van der Waals surface area (Å²) in [7, 11) is 3.27. The topological polar surface area (TPSA) is 48.0 Å². The van der Waals surface area contributed by atoms with Crippen molar-refractivity contribution in [1.29, 1.82) is 0 Å². The molecule has 0 saturated carbocycles. The smallest absolute Gasteiger partial charge is 0.226 e. The van der Waals surface area contributed by atoms with Gasteiger partial charge < -0.3 is 19.1 Å². The maximum atomic E-state index is 12.8. The summed E-state index contributed by atoms with van der Waals surface area (Å²) < 4.78 is 16.5. The maximum absolute atomic E-state index is 12.8. The van der Waals surface area contributed by atoms with Crippen molar-refractivity contribution >= 4 is 5.91 Å². The fourth-order valence-corrected chi connectivity index (χ4v) is 3.61. The third kappa shape index (κ3) is 4.18. The van der Waals surface area contributed by atoms with Gasteiger partial charge in [0.2, 0.25) is 5.91 Å². The molecule has 1 aliphatic heterocycles. The quantitative estimate of drug-likeness (QED) is 0.777. The monoisotopic (exact) mass is 369 g/mol. The van der Waals surface area contributed by atoms with E-state index in [1.165, 1.54) is 5.56 Å². The lowest BCUT2D eigenvalue weighted by Crippen LogP contribution is -2.45. The second kappa shape index (κ2) is 7.91. The van der Waals surface area contributed by atoms with Crippen LogP contribution in [0.3, 0.4) is 0 Å². The molecule has 0 N–H and O–H groups in total. The van der Waals surface area contributed by atoms with Gasteiger partial charge in [0.05, 0.1) is 27.2 Å². The normalized spacial score (nSPS) is 15.0. The van der Waals surface area contributed by atoms with Crippen molar-refractivity contribution in [2.75, 3.05) is 27.4 Å². The van der Waals surface area contributed by atoms with Gasteiger partial charge in [0.1, 0.15) is 5.75 Å². The Kier molecular flexibility index (Phi) is 5.59. The zero-order valence-electron chi connectivity index (χ0n) is 16.5. The van der Waals surface area contributed by atoms with Crippen LogP contribution in [-0.2, 0) is 16.8 Å². The van der Waals surface area contributed by atoms with E-state index < -0.39 is 0 Å². The molecule has 0 aromatic heterocycles. The molecular weight excluding hydrogens is 342 g/mol. The van der Waals surface area contributed by atoms with Crippen LogP contribution in [0.5, 0.6) is 17.2 Å². The zero-order valence-corrected chi connectivity index (χ0v) is 16.5. The number of carbonyl (C=O) groups is 1. The lowest BCUT2D eigenvalue weighted by Gasteiger charge is -2.40. The molecule has 5 nitrogen and oxygen atoms in total. The zero-order chi connectivity index (χ0) is 19.4. The van der Waals surface area contributed by atoms with Gasteiger partial charge in [-0.1, -0.05) is 32.0 Å². The van der Waals surface area contributed by atoms with Crippen LogP contribution in [0.15, 0.2) is 42.5 Å². The molecule has 27 heavy (non-hydrogen) atoms.